The minimum absolute atomic E-state index is 0.199. The molecule has 3 rings (SSSR count). The number of carbonyl (C=O) groups excluding carboxylic acids is 1. The standard InChI is InChI=1S/C19H22ClN3O/c1-22-11-13-23(14-12-22)17-10-6-5-9-16(17)21-19(24)18(20)15-7-3-2-4-8-15/h2-10,18H,11-14H2,1H3,(H,21,24)/p+1/t18-/m0/s1. The van der Waals surface area contributed by atoms with Gasteiger partial charge in [-0.2, -0.15) is 0 Å². The molecule has 5 heteroatoms. The molecule has 24 heavy (non-hydrogen) atoms. The molecule has 1 saturated heterocycles. The summed E-state index contributed by atoms with van der Waals surface area (Å²) >= 11 is 6.33. The van der Waals surface area contributed by atoms with Crippen molar-refractivity contribution in [3.05, 3.63) is 60.2 Å². The van der Waals surface area contributed by atoms with Gasteiger partial charge >= 0.3 is 0 Å². The summed E-state index contributed by atoms with van der Waals surface area (Å²) in [6, 6.07) is 17.4. The molecule has 0 unspecified atom stereocenters. The van der Waals surface area contributed by atoms with Crippen molar-refractivity contribution in [1.29, 1.82) is 0 Å². The van der Waals surface area contributed by atoms with Crippen LogP contribution >= 0.6 is 11.6 Å². The van der Waals surface area contributed by atoms with Gasteiger partial charge < -0.3 is 15.1 Å². The summed E-state index contributed by atoms with van der Waals surface area (Å²) in [5.74, 6) is -0.199. The molecule has 4 nitrogen and oxygen atoms in total. The third-order valence-electron chi connectivity index (χ3n) is 4.44. The maximum Gasteiger partial charge on any atom is 0.247 e. The summed E-state index contributed by atoms with van der Waals surface area (Å²) in [4.78, 5) is 16.4. The maximum atomic E-state index is 12.5. The van der Waals surface area contributed by atoms with Gasteiger partial charge in [-0.3, -0.25) is 4.79 Å². The first kappa shape index (κ1) is 16.8. The average Bonchev–Trinajstić information content (AvgIpc) is 2.63. The number of carbonyl (C=O) groups is 1. The topological polar surface area (TPSA) is 36.8 Å². The van der Waals surface area contributed by atoms with Gasteiger partial charge in [-0.25, -0.2) is 0 Å². The fourth-order valence-corrected chi connectivity index (χ4v) is 3.15. The summed E-state index contributed by atoms with van der Waals surface area (Å²) in [7, 11) is 2.21. The molecule has 1 heterocycles. The molecule has 2 aromatic rings. The zero-order valence-electron chi connectivity index (χ0n) is 13.8. The third-order valence-corrected chi connectivity index (χ3v) is 4.89. The predicted octanol–water partition coefficient (Wildman–Crippen LogP) is 1.94. The van der Waals surface area contributed by atoms with Gasteiger partial charge in [-0.1, -0.05) is 42.5 Å². The molecular formula is C19H23ClN3O+. The number of hydrogen-bond acceptors (Lipinski definition) is 2. The van der Waals surface area contributed by atoms with Gasteiger partial charge in [0.05, 0.1) is 44.6 Å². The molecule has 0 aliphatic carbocycles. The van der Waals surface area contributed by atoms with Gasteiger partial charge in [0.25, 0.3) is 0 Å². The third kappa shape index (κ3) is 3.89. The number of benzene rings is 2. The van der Waals surface area contributed by atoms with Crippen molar-refractivity contribution in [2.45, 2.75) is 5.38 Å². The Labute approximate surface area is 148 Å². The monoisotopic (exact) mass is 344 g/mol. The van der Waals surface area contributed by atoms with Gasteiger partial charge in [-0.05, 0) is 17.7 Å². The minimum Gasteiger partial charge on any atom is -0.359 e. The first-order chi connectivity index (χ1) is 11.6. The van der Waals surface area contributed by atoms with Gasteiger partial charge in [0.15, 0.2) is 0 Å². The van der Waals surface area contributed by atoms with Gasteiger partial charge in [0.1, 0.15) is 5.38 Å². The fraction of sp³-hybridized carbons (Fsp3) is 0.316. The second kappa shape index (κ2) is 7.69. The van der Waals surface area contributed by atoms with Gasteiger partial charge in [0.2, 0.25) is 5.91 Å². The summed E-state index contributed by atoms with van der Waals surface area (Å²) in [6.45, 7) is 4.18. The summed E-state index contributed by atoms with van der Waals surface area (Å²) in [5.41, 5.74) is 2.69. The van der Waals surface area contributed by atoms with Crippen LogP contribution in [0.3, 0.4) is 0 Å². The zero-order valence-corrected chi connectivity index (χ0v) is 14.6. The normalized spacial score (nSPS) is 16.7. The van der Waals surface area contributed by atoms with Crippen molar-refractivity contribution in [2.75, 3.05) is 43.4 Å². The molecule has 1 aliphatic heterocycles. The van der Waals surface area contributed by atoms with Crippen LogP contribution in [0.15, 0.2) is 54.6 Å². The first-order valence-corrected chi connectivity index (χ1v) is 8.74. The number of alkyl halides is 1. The Morgan fingerprint density at radius 1 is 1.08 bits per heavy atom. The van der Waals surface area contributed by atoms with Crippen LogP contribution in [0.4, 0.5) is 11.4 Å². The molecule has 0 bridgehead atoms. The smallest absolute Gasteiger partial charge is 0.247 e. The molecule has 126 valence electrons. The molecule has 1 amide bonds. The van der Waals surface area contributed by atoms with E-state index in [1.165, 1.54) is 4.90 Å². The molecule has 1 fully saturated rings. The second-order valence-electron chi connectivity index (χ2n) is 6.22. The quantitative estimate of drug-likeness (QED) is 0.832. The van der Waals surface area contributed by atoms with Crippen LogP contribution in [-0.4, -0.2) is 39.1 Å². The Bertz CT molecular complexity index is 684. The van der Waals surface area contributed by atoms with Crippen LogP contribution in [0.25, 0.3) is 0 Å². The molecule has 0 spiro atoms. The SMILES string of the molecule is C[NH+]1CCN(c2ccccc2NC(=O)[C@@H](Cl)c2ccccc2)CC1. The number of anilines is 2. The number of likely N-dealkylation sites (N-methyl/N-ethyl adjacent to an activating group) is 1. The van der Waals surface area contributed by atoms with Crippen molar-refractivity contribution >= 4 is 28.9 Å². The van der Waals surface area contributed by atoms with Crippen LogP contribution in [0.2, 0.25) is 0 Å². The lowest BCUT2D eigenvalue weighted by molar-refractivity contribution is -0.880. The van der Waals surface area contributed by atoms with Crippen LogP contribution in [0.5, 0.6) is 0 Å². The average molecular weight is 345 g/mol. The lowest BCUT2D eigenvalue weighted by Gasteiger charge is -2.33. The van der Waals surface area contributed by atoms with Crippen molar-refractivity contribution in [1.82, 2.24) is 0 Å². The molecule has 2 N–H and O–H groups in total. The fourth-order valence-electron chi connectivity index (χ4n) is 2.95. The highest BCUT2D eigenvalue weighted by atomic mass is 35.5. The maximum absolute atomic E-state index is 12.5. The van der Waals surface area contributed by atoms with Crippen LogP contribution in [-0.2, 0) is 4.79 Å². The van der Waals surface area contributed by atoms with Crippen molar-refractivity contribution in [2.24, 2.45) is 0 Å². The molecule has 2 aromatic carbocycles. The lowest BCUT2D eigenvalue weighted by atomic mass is 10.1. The molecule has 0 aromatic heterocycles. The zero-order chi connectivity index (χ0) is 16.9. The summed E-state index contributed by atoms with van der Waals surface area (Å²) in [6.07, 6.45) is 0. The highest BCUT2D eigenvalue weighted by Crippen LogP contribution is 2.28. The van der Waals surface area contributed by atoms with Crippen LogP contribution in [0.1, 0.15) is 10.9 Å². The Balaban J connectivity index is 1.74. The number of quaternary nitrogens is 1. The number of nitrogens with one attached hydrogen (secondary N) is 2. The molecule has 1 atom stereocenters. The molecule has 1 aliphatic rings. The van der Waals surface area contributed by atoms with E-state index in [9.17, 15) is 4.79 Å². The second-order valence-corrected chi connectivity index (χ2v) is 6.66. The van der Waals surface area contributed by atoms with E-state index in [4.69, 9.17) is 11.6 Å². The summed E-state index contributed by atoms with van der Waals surface area (Å²) in [5, 5.41) is 2.30. The van der Waals surface area contributed by atoms with Crippen LogP contribution in [0, 0.1) is 0 Å². The number of para-hydroxylation sites is 2. The Morgan fingerprint density at radius 2 is 1.71 bits per heavy atom. The van der Waals surface area contributed by atoms with Crippen molar-refractivity contribution in [3.8, 4) is 0 Å². The van der Waals surface area contributed by atoms with E-state index >= 15 is 0 Å². The van der Waals surface area contributed by atoms with Crippen molar-refractivity contribution in [3.63, 3.8) is 0 Å². The van der Waals surface area contributed by atoms with E-state index in [2.05, 4.69) is 23.3 Å². The van der Waals surface area contributed by atoms with Gasteiger partial charge in [0, 0.05) is 0 Å². The highest BCUT2D eigenvalue weighted by Gasteiger charge is 2.22. The first-order valence-electron chi connectivity index (χ1n) is 8.30. The van der Waals surface area contributed by atoms with E-state index in [1.807, 2.05) is 48.5 Å². The van der Waals surface area contributed by atoms with E-state index in [-0.39, 0.29) is 5.91 Å². The molecular weight excluding hydrogens is 322 g/mol. The van der Waals surface area contributed by atoms with E-state index in [0.29, 0.717) is 0 Å². The lowest BCUT2D eigenvalue weighted by Crippen LogP contribution is -3.12. The number of nitrogens with zero attached hydrogens (tertiary/aromatic N) is 1. The summed E-state index contributed by atoms with van der Waals surface area (Å²) < 4.78 is 0. The largest absolute Gasteiger partial charge is 0.359 e. The number of rotatable bonds is 4. The van der Waals surface area contributed by atoms with E-state index < -0.39 is 5.38 Å². The number of hydrogen-bond donors (Lipinski definition) is 2. The van der Waals surface area contributed by atoms with Gasteiger partial charge in [-0.15, -0.1) is 11.6 Å². The van der Waals surface area contributed by atoms with E-state index in [0.717, 1.165) is 43.1 Å². The van der Waals surface area contributed by atoms with Crippen LogP contribution < -0.4 is 15.1 Å². The Morgan fingerprint density at radius 3 is 2.42 bits per heavy atom. The minimum atomic E-state index is -0.698. The molecule has 0 radical (unpaired) electrons. The predicted molar refractivity (Wildman–Crippen MR) is 98.9 cm³/mol. The Kier molecular flexibility index (Phi) is 5.38. The molecule has 0 saturated carbocycles. The number of amides is 1. The van der Waals surface area contributed by atoms with E-state index in [1.54, 1.807) is 0 Å². The highest BCUT2D eigenvalue weighted by molar-refractivity contribution is 6.32. The van der Waals surface area contributed by atoms with Crippen molar-refractivity contribution < 1.29 is 9.69 Å². The number of halogens is 1. The number of piperazine rings is 1. The Hall–Kier alpha value is -2.04.